The highest BCUT2D eigenvalue weighted by Gasteiger charge is 2.13. The van der Waals surface area contributed by atoms with Crippen molar-refractivity contribution in [1.82, 2.24) is 0 Å². The predicted molar refractivity (Wildman–Crippen MR) is 73.5 cm³/mol. The molecule has 5 heteroatoms. The summed E-state index contributed by atoms with van der Waals surface area (Å²) in [5, 5.41) is 10.9. The molecule has 0 N–H and O–H groups in total. The summed E-state index contributed by atoms with van der Waals surface area (Å²) in [5.74, 6) is 0. The summed E-state index contributed by atoms with van der Waals surface area (Å²) in [4.78, 5) is 12.0. The maximum absolute atomic E-state index is 10.2. The molecular formula is C13H15ClN2O2. The zero-order chi connectivity index (χ0) is 13.0. The highest BCUT2D eigenvalue weighted by atomic mass is 35.5. The second kappa shape index (κ2) is 5.87. The Hall–Kier alpha value is -1.55. The third-order valence-electron chi connectivity index (χ3n) is 3.06. The van der Waals surface area contributed by atoms with E-state index in [0.29, 0.717) is 5.02 Å². The fourth-order valence-electron chi connectivity index (χ4n) is 2.17. The lowest BCUT2D eigenvalue weighted by atomic mass is 10.1. The Morgan fingerprint density at radius 2 is 2.00 bits per heavy atom. The number of hydrogen-bond acceptors (Lipinski definition) is 3. The molecule has 1 aromatic carbocycles. The van der Waals surface area contributed by atoms with Crippen LogP contribution in [0, 0.1) is 10.1 Å². The number of nitro groups is 1. The van der Waals surface area contributed by atoms with E-state index in [2.05, 4.69) is 4.90 Å². The van der Waals surface area contributed by atoms with Gasteiger partial charge < -0.3 is 4.90 Å². The van der Waals surface area contributed by atoms with E-state index >= 15 is 0 Å². The first-order valence-corrected chi connectivity index (χ1v) is 6.41. The van der Waals surface area contributed by atoms with Gasteiger partial charge in [0.1, 0.15) is 0 Å². The van der Waals surface area contributed by atoms with E-state index in [1.807, 2.05) is 12.1 Å². The zero-order valence-corrected chi connectivity index (χ0v) is 10.8. The smallest absolute Gasteiger partial charge is 0.235 e. The molecule has 0 aromatic heterocycles. The summed E-state index contributed by atoms with van der Waals surface area (Å²) in [6, 6.07) is 5.56. The van der Waals surface area contributed by atoms with Gasteiger partial charge in [-0.3, -0.25) is 10.1 Å². The van der Waals surface area contributed by atoms with Crippen LogP contribution in [0.25, 0.3) is 6.08 Å². The van der Waals surface area contributed by atoms with Crippen LogP contribution in [0.3, 0.4) is 0 Å². The molecule has 1 fully saturated rings. The molecule has 4 nitrogen and oxygen atoms in total. The predicted octanol–water partition coefficient (Wildman–Crippen LogP) is 3.58. The van der Waals surface area contributed by atoms with E-state index in [1.165, 1.54) is 25.3 Å². The fourth-order valence-corrected chi connectivity index (χ4v) is 2.47. The lowest BCUT2D eigenvalue weighted by Gasteiger charge is -2.29. The molecular weight excluding hydrogens is 252 g/mol. The van der Waals surface area contributed by atoms with Gasteiger partial charge in [0.2, 0.25) is 6.20 Å². The molecule has 96 valence electrons. The first-order valence-electron chi connectivity index (χ1n) is 6.03. The van der Waals surface area contributed by atoms with Crippen LogP contribution >= 0.6 is 11.6 Å². The van der Waals surface area contributed by atoms with Gasteiger partial charge in [-0.1, -0.05) is 17.7 Å². The number of halogens is 1. The first-order chi connectivity index (χ1) is 8.66. The monoisotopic (exact) mass is 266 g/mol. The third kappa shape index (κ3) is 3.23. The molecule has 1 aromatic rings. The lowest BCUT2D eigenvalue weighted by molar-refractivity contribution is -0.400. The Balaban J connectivity index is 2.16. The summed E-state index contributed by atoms with van der Waals surface area (Å²) in [7, 11) is 0. The molecule has 1 saturated heterocycles. The SMILES string of the molecule is O=[N+]([O-])/C=C/c1ccc(N2CCCCC2)c(Cl)c1. The van der Waals surface area contributed by atoms with Gasteiger partial charge in [-0.15, -0.1) is 0 Å². The van der Waals surface area contributed by atoms with Crippen LogP contribution in [0.1, 0.15) is 24.8 Å². The van der Waals surface area contributed by atoms with Crippen LogP contribution in [0.2, 0.25) is 5.02 Å². The van der Waals surface area contributed by atoms with Crippen LogP contribution in [0.4, 0.5) is 5.69 Å². The number of piperidine rings is 1. The number of rotatable bonds is 3. The normalized spacial score (nSPS) is 16.2. The Kier molecular flexibility index (Phi) is 4.20. The van der Waals surface area contributed by atoms with Crippen molar-refractivity contribution in [1.29, 1.82) is 0 Å². The quantitative estimate of drug-likeness (QED) is 0.621. The van der Waals surface area contributed by atoms with Crippen molar-refractivity contribution < 1.29 is 4.92 Å². The summed E-state index contributed by atoms with van der Waals surface area (Å²) >= 11 is 6.23. The van der Waals surface area contributed by atoms with Gasteiger partial charge in [0, 0.05) is 19.2 Å². The molecule has 1 aliphatic rings. The van der Waals surface area contributed by atoms with Gasteiger partial charge in [-0.25, -0.2) is 0 Å². The maximum Gasteiger partial charge on any atom is 0.235 e. The van der Waals surface area contributed by atoms with Crippen molar-refractivity contribution in [3.05, 3.63) is 45.1 Å². The van der Waals surface area contributed by atoms with E-state index in [4.69, 9.17) is 11.6 Å². The zero-order valence-electron chi connectivity index (χ0n) is 10.0. The minimum absolute atomic E-state index is 0.480. The molecule has 0 radical (unpaired) electrons. The molecule has 2 rings (SSSR count). The maximum atomic E-state index is 10.2. The van der Waals surface area contributed by atoms with Gasteiger partial charge in [-0.05, 0) is 37.0 Å². The van der Waals surface area contributed by atoms with Crippen molar-refractivity contribution in [2.24, 2.45) is 0 Å². The van der Waals surface area contributed by atoms with Gasteiger partial charge in [0.15, 0.2) is 0 Å². The molecule has 0 bridgehead atoms. The Bertz CT molecular complexity index is 468. The number of benzene rings is 1. The van der Waals surface area contributed by atoms with Crippen LogP contribution < -0.4 is 4.90 Å². The highest BCUT2D eigenvalue weighted by molar-refractivity contribution is 6.33. The number of nitrogens with zero attached hydrogens (tertiary/aromatic N) is 2. The van der Waals surface area contributed by atoms with E-state index in [9.17, 15) is 10.1 Å². The minimum Gasteiger partial charge on any atom is -0.370 e. The molecule has 0 amide bonds. The molecule has 0 atom stereocenters. The molecule has 0 spiro atoms. The average molecular weight is 267 g/mol. The van der Waals surface area contributed by atoms with E-state index in [1.54, 1.807) is 6.07 Å². The van der Waals surface area contributed by atoms with Gasteiger partial charge in [0.25, 0.3) is 0 Å². The van der Waals surface area contributed by atoms with Gasteiger partial charge >= 0.3 is 0 Å². The molecule has 0 aliphatic carbocycles. The second-order valence-corrected chi connectivity index (χ2v) is 4.77. The van der Waals surface area contributed by atoms with Crippen molar-refractivity contribution in [2.75, 3.05) is 18.0 Å². The second-order valence-electron chi connectivity index (χ2n) is 4.36. The van der Waals surface area contributed by atoms with Crippen LogP contribution in [0.5, 0.6) is 0 Å². The summed E-state index contributed by atoms with van der Waals surface area (Å²) in [5.41, 5.74) is 1.77. The molecule has 18 heavy (non-hydrogen) atoms. The Labute approximate surface area is 111 Å². The molecule has 1 heterocycles. The molecule has 1 aliphatic heterocycles. The van der Waals surface area contributed by atoms with Gasteiger partial charge in [-0.2, -0.15) is 0 Å². The summed E-state index contributed by atoms with van der Waals surface area (Å²) in [6.45, 7) is 2.06. The topological polar surface area (TPSA) is 46.4 Å². The standard InChI is InChI=1S/C13H15ClN2O2/c14-12-10-11(6-9-16(17)18)4-5-13(12)15-7-2-1-3-8-15/h4-6,9-10H,1-3,7-8H2/b9-6+. The Morgan fingerprint density at radius 3 is 2.61 bits per heavy atom. The van der Waals surface area contributed by atoms with Crippen molar-refractivity contribution in [3.8, 4) is 0 Å². The first kappa shape index (κ1) is 12.9. The lowest BCUT2D eigenvalue weighted by Crippen LogP contribution is -2.29. The van der Waals surface area contributed by atoms with Crippen LogP contribution in [-0.4, -0.2) is 18.0 Å². The molecule has 0 saturated carbocycles. The van der Waals surface area contributed by atoms with Crippen molar-refractivity contribution in [3.63, 3.8) is 0 Å². The van der Waals surface area contributed by atoms with Crippen LogP contribution in [0.15, 0.2) is 24.4 Å². The average Bonchev–Trinajstić information content (AvgIpc) is 2.37. The largest absolute Gasteiger partial charge is 0.370 e. The summed E-state index contributed by atoms with van der Waals surface area (Å²) in [6.07, 6.45) is 6.04. The highest BCUT2D eigenvalue weighted by Crippen LogP contribution is 2.29. The van der Waals surface area contributed by atoms with E-state index in [-0.39, 0.29) is 0 Å². The number of hydrogen-bond donors (Lipinski definition) is 0. The summed E-state index contributed by atoms with van der Waals surface area (Å²) < 4.78 is 0. The van der Waals surface area contributed by atoms with E-state index < -0.39 is 4.92 Å². The van der Waals surface area contributed by atoms with E-state index in [0.717, 1.165) is 30.5 Å². The minimum atomic E-state index is -0.480. The van der Waals surface area contributed by atoms with Gasteiger partial charge in [0.05, 0.1) is 15.6 Å². The van der Waals surface area contributed by atoms with Crippen LogP contribution in [-0.2, 0) is 0 Å². The van der Waals surface area contributed by atoms with Crippen molar-refractivity contribution in [2.45, 2.75) is 19.3 Å². The van der Waals surface area contributed by atoms with Crippen molar-refractivity contribution >= 4 is 23.4 Å². The fraction of sp³-hybridized carbons (Fsp3) is 0.385. The molecule has 0 unspecified atom stereocenters. The Morgan fingerprint density at radius 1 is 1.28 bits per heavy atom. The number of anilines is 1. The third-order valence-corrected chi connectivity index (χ3v) is 3.36.